The number of aromatic nitrogens is 2. The summed E-state index contributed by atoms with van der Waals surface area (Å²) in [6.07, 6.45) is 6.82. The van der Waals surface area contributed by atoms with Crippen LogP contribution in [-0.2, 0) is 13.2 Å². The molecule has 1 amide bonds. The van der Waals surface area contributed by atoms with E-state index in [9.17, 15) is 9.90 Å². The lowest BCUT2D eigenvalue weighted by Crippen LogP contribution is -2.37. The molecule has 6 nitrogen and oxygen atoms in total. The molecule has 1 aliphatic heterocycles. The molecule has 0 spiro atoms. The quantitative estimate of drug-likeness (QED) is 0.613. The molecule has 1 aliphatic rings. The van der Waals surface area contributed by atoms with Crippen molar-refractivity contribution in [2.45, 2.75) is 58.3 Å². The number of primary amides is 1. The molecule has 1 aromatic carbocycles. The predicted octanol–water partition coefficient (Wildman–Crippen LogP) is 4.15. The number of aliphatic hydroxyl groups excluding tert-OH is 1. The van der Waals surface area contributed by atoms with Crippen LogP contribution in [0.25, 0.3) is 0 Å². The van der Waals surface area contributed by atoms with E-state index in [0.29, 0.717) is 12.1 Å². The highest BCUT2D eigenvalue weighted by Gasteiger charge is 2.35. The standard InChI is InChI=1S/C26H30N4O2/c1-17-6-4-12-28-24(17)22-8-3-9-23(25-18(2)7-5-13-29-25)30(22)15-20-11-10-19(26(27)32)14-21(20)16-31/h4-7,10-14,22-23,31H,3,8-9,15-16H2,1-2H3,(H2,27,32)/t22-,23+. The summed E-state index contributed by atoms with van der Waals surface area (Å²) in [6, 6.07) is 13.8. The largest absolute Gasteiger partial charge is 0.392 e. The van der Waals surface area contributed by atoms with Gasteiger partial charge < -0.3 is 10.8 Å². The van der Waals surface area contributed by atoms with Crippen molar-refractivity contribution in [2.75, 3.05) is 0 Å². The lowest BCUT2D eigenvalue weighted by atomic mass is 9.88. The summed E-state index contributed by atoms with van der Waals surface area (Å²) in [4.78, 5) is 23.6. The molecular formula is C26H30N4O2. The van der Waals surface area contributed by atoms with Crippen LogP contribution >= 0.6 is 0 Å². The van der Waals surface area contributed by atoms with Gasteiger partial charge in [-0.3, -0.25) is 19.7 Å². The molecule has 2 atom stereocenters. The number of benzene rings is 1. The fourth-order valence-corrected chi connectivity index (χ4v) is 4.83. The highest BCUT2D eigenvalue weighted by molar-refractivity contribution is 5.93. The van der Waals surface area contributed by atoms with Gasteiger partial charge in [0.15, 0.2) is 0 Å². The first-order valence-electron chi connectivity index (χ1n) is 11.1. The van der Waals surface area contributed by atoms with Crippen LogP contribution in [0, 0.1) is 13.8 Å². The topological polar surface area (TPSA) is 92.3 Å². The zero-order valence-corrected chi connectivity index (χ0v) is 18.7. The Labute approximate surface area is 189 Å². The molecule has 3 aromatic rings. The van der Waals surface area contributed by atoms with E-state index in [2.05, 4.69) is 30.9 Å². The summed E-state index contributed by atoms with van der Waals surface area (Å²) < 4.78 is 0. The van der Waals surface area contributed by atoms with E-state index >= 15 is 0 Å². The highest BCUT2D eigenvalue weighted by Crippen LogP contribution is 2.43. The van der Waals surface area contributed by atoms with Gasteiger partial charge in [-0.15, -0.1) is 0 Å². The Morgan fingerprint density at radius 2 is 1.59 bits per heavy atom. The molecule has 6 heteroatoms. The van der Waals surface area contributed by atoms with Crippen molar-refractivity contribution in [1.82, 2.24) is 14.9 Å². The maximum absolute atomic E-state index is 11.6. The number of nitrogens with two attached hydrogens (primary N) is 1. The summed E-state index contributed by atoms with van der Waals surface area (Å²) in [5, 5.41) is 10.0. The maximum atomic E-state index is 11.6. The third-order valence-corrected chi connectivity index (χ3v) is 6.50. The van der Waals surface area contributed by atoms with Crippen molar-refractivity contribution in [2.24, 2.45) is 5.73 Å². The Bertz CT molecular complexity index is 1060. The molecule has 2 aromatic heterocycles. The number of carbonyl (C=O) groups excluding carboxylic acids is 1. The molecular weight excluding hydrogens is 400 g/mol. The van der Waals surface area contributed by atoms with Gasteiger partial charge >= 0.3 is 0 Å². The molecule has 4 rings (SSSR count). The SMILES string of the molecule is Cc1cccnc1[C@H]1CCC[C@@H](c2ncccc2C)N1Cc1ccc(C(N)=O)cc1CO. The molecule has 1 saturated heterocycles. The first-order chi connectivity index (χ1) is 15.5. The number of piperidine rings is 1. The van der Waals surface area contributed by atoms with Crippen molar-refractivity contribution in [3.05, 3.63) is 94.1 Å². The van der Waals surface area contributed by atoms with Crippen LogP contribution in [0.5, 0.6) is 0 Å². The number of hydrogen-bond donors (Lipinski definition) is 2. The maximum Gasteiger partial charge on any atom is 0.248 e. The van der Waals surface area contributed by atoms with Gasteiger partial charge in [0.1, 0.15) is 0 Å². The normalized spacial score (nSPS) is 19.1. The third-order valence-electron chi connectivity index (χ3n) is 6.50. The molecule has 0 saturated carbocycles. The van der Waals surface area contributed by atoms with Gasteiger partial charge in [0.05, 0.1) is 30.1 Å². The van der Waals surface area contributed by atoms with Gasteiger partial charge in [-0.1, -0.05) is 18.2 Å². The third kappa shape index (κ3) is 4.42. The van der Waals surface area contributed by atoms with Crippen LogP contribution in [-0.4, -0.2) is 25.9 Å². The van der Waals surface area contributed by atoms with E-state index in [1.165, 1.54) is 11.1 Å². The predicted molar refractivity (Wildman–Crippen MR) is 124 cm³/mol. The molecule has 0 unspecified atom stereocenters. The number of carbonyl (C=O) groups is 1. The fraction of sp³-hybridized carbons (Fsp3) is 0.346. The Morgan fingerprint density at radius 3 is 2.09 bits per heavy atom. The number of aryl methyl sites for hydroxylation is 2. The number of amides is 1. The van der Waals surface area contributed by atoms with Gasteiger partial charge in [-0.05, 0) is 79.6 Å². The monoisotopic (exact) mass is 430 g/mol. The van der Waals surface area contributed by atoms with Crippen molar-refractivity contribution in [3.8, 4) is 0 Å². The second kappa shape index (κ2) is 9.59. The second-order valence-electron chi connectivity index (χ2n) is 8.55. The van der Waals surface area contributed by atoms with Gasteiger partial charge in [-0.2, -0.15) is 0 Å². The van der Waals surface area contributed by atoms with Crippen LogP contribution in [0.1, 0.15) is 75.3 Å². The summed E-state index contributed by atoms with van der Waals surface area (Å²) >= 11 is 0. The first kappa shape index (κ1) is 22.1. The van der Waals surface area contributed by atoms with E-state index in [0.717, 1.165) is 41.8 Å². The lowest BCUT2D eigenvalue weighted by molar-refractivity contribution is 0.0672. The molecule has 166 valence electrons. The second-order valence-corrected chi connectivity index (χ2v) is 8.55. The molecule has 1 fully saturated rings. The van der Waals surface area contributed by atoms with E-state index in [1.54, 1.807) is 12.1 Å². The minimum absolute atomic E-state index is 0.138. The van der Waals surface area contributed by atoms with E-state index < -0.39 is 5.91 Å². The molecule has 0 aliphatic carbocycles. The van der Waals surface area contributed by atoms with Gasteiger partial charge in [0, 0.05) is 24.5 Å². The van der Waals surface area contributed by atoms with E-state index in [4.69, 9.17) is 15.7 Å². The molecule has 0 bridgehead atoms. The summed E-state index contributed by atoms with van der Waals surface area (Å²) in [6.45, 7) is 4.69. The van der Waals surface area contributed by atoms with Crippen LogP contribution in [0.15, 0.2) is 54.9 Å². The zero-order valence-electron chi connectivity index (χ0n) is 18.7. The average molecular weight is 431 g/mol. The number of rotatable bonds is 6. The van der Waals surface area contributed by atoms with E-state index in [-0.39, 0.29) is 18.7 Å². The van der Waals surface area contributed by atoms with Crippen LogP contribution < -0.4 is 5.73 Å². The molecule has 32 heavy (non-hydrogen) atoms. The summed E-state index contributed by atoms with van der Waals surface area (Å²) in [5.41, 5.74) is 12.1. The Hall–Kier alpha value is -3.09. The Kier molecular flexibility index (Phi) is 6.63. The minimum Gasteiger partial charge on any atom is -0.392 e. The number of nitrogens with zero attached hydrogens (tertiary/aromatic N) is 3. The van der Waals surface area contributed by atoms with Gasteiger partial charge in [-0.25, -0.2) is 0 Å². The van der Waals surface area contributed by atoms with Crippen molar-refractivity contribution in [1.29, 1.82) is 0 Å². The van der Waals surface area contributed by atoms with Gasteiger partial charge in [0.25, 0.3) is 0 Å². The number of hydrogen-bond acceptors (Lipinski definition) is 5. The minimum atomic E-state index is -0.492. The van der Waals surface area contributed by atoms with E-state index in [1.807, 2.05) is 30.6 Å². The van der Waals surface area contributed by atoms with Crippen LogP contribution in [0.2, 0.25) is 0 Å². The number of likely N-dealkylation sites (tertiary alicyclic amines) is 1. The van der Waals surface area contributed by atoms with Crippen LogP contribution in [0.4, 0.5) is 0 Å². The fourth-order valence-electron chi connectivity index (χ4n) is 4.83. The Morgan fingerprint density at radius 1 is 1.00 bits per heavy atom. The molecule has 3 N–H and O–H groups in total. The molecule has 0 radical (unpaired) electrons. The number of aliphatic hydroxyl groups is 1. The average Bonchev–Trinajstić information content (AvgIpc) is 2.80. The smallest absolute Gasteiger partial charge is 0.248 e. The van der Waals surface area contributed by atoms with Crippen molar-refractivity contribution in [3.63, 3.8) is 0 Å². The highest BCUT2D eigenvalue weighted by atomic mass is 16.3. The van der Waals surface area contributed by atoms with Crippen molar-refractivity contribution < 1.29 is 9.90 Å². The lowest BCUT2D eigenvalue weighted by Gasteiger charge is -2.43. The number of pyridine rings is 2. The van der Waals surface area contributed by atoms with Crippen LogP contribution in [0.3, 0.4) is 0 Å². The van der Waals surface area contributed by atoms with Crippen molar-refractivity contribution >= 4 is 5.91 Å². The molecule has 3 heterocycles. The summed E-state index contributed by atoms with van der Waals surface area (Å²) in [5.74, 6) is -0.492. The summed E-state index contributed by atoms with van der Waals surface area (Å²) in [7, 11) is 0. The first-order valence-corrected chi connectivity index (χ1v) is 11.1. The van der Waals surface area contributed by atoms with Gasteiger partial charge in [0.2, 0.25) is 5.91 Å². The zero-order chi connectivity index (χ0) is 22.7. The Balaban J connectivity index is 1.79.